The number of nitriles is 1. The predicted octanol–water partition coefficient (Wildman–Crippen LogP) is 7.22. The van der Waals surface area contributed by atoms with Crippen molar-refractivity contribution in [2.45, 2.75) is 104 Å². The number of H-pyrrole nitrogens is 1. The first kappa shape index (κ1) is 79.0. The summed E-state index contributed by atoms with van der Waals surface area (Å²) >= 11 is 29.1. The summed E-state index contributed by atoms with van der Waals surface area (Å²) in [7, 11) is -4.17. The Hall–Kier alpha value is -6.65. The number of rotatable bonds is 10. The van der Waals surface area contributed by atoms with Crippen molar-refractivity contribution in [2.75, 3.05) is 57.6 Å². The molecule has 7 aromatic heterocycles. The molecule has 27 nitrogen and oxygen atoms in total. The molecule has 7 aromatic rings. The summed E-state index contributed by atoms with van der Waals surface area (Å²) in [5.74, 6) is 0.594. The van der Waals surface area contributed by atoms with Crippen LogP contribution in [0.15, 0.2) is 29.1 Å². The van der Waals surface area contributed by atoms with Gasteiger partial charge in [0.15, 0.2) is 22.5 Å². The van der Waals surface area contributed by atoms with Crippen molar-refractivity contribution >= 4 is 113 Å². The van der Waals surface area contributed by atoms with Crippen molar-refractivity contribution in [3.05, 3.63) is 106 Å². The van der Waals surface area contributed by atoms with Gasteiger partial charge in [-0.05, 0) is 112 Å². The maximum atomic E-state index is 13.2. The second-order valence-corrected chi connectivity index (χ2v) is 26.7. The zero-order valence-electron chi connectivity index (χ0n) is 50.2. The molecule has 0 amide bonds. The molecule has 2 saturated carbocycles. The summed E-state index contributed by atoms with van der Waals surface area (Å²) in [5, 5.41) is 41.2. The molecule has 9 heterocycles. The van der Waals surface area contributed by atoms with Gasteiger partial charge in [0.25, 0.3) is 45.3 Å². The predicted molar refractivity (Wildman–Crippen MR) is 322 cm³/mol. The molecule has 45 heteroatoms. The van der Waals surface area contributed by atoms with Crippen LogP contribution >= 0.6 is 58.0 Å². The number of fused-ring (bicyclic) bond motifs is 3. The van der Waals surface area contributed by atoms with Crippen LogP contribution in [-0.2, 0) is 30.0 Å². The Morgan fingerprint density at radius 1 is 0.716 bits per heavy atom. The van der Waals surface area contributed by atoms with Crippen LogP contribution in [0.5, 0.6) is 0 Å². The quantitative estimate of drug-likeness (QED) is 0.0512. The van der Waals surface area contributed by atoms with Crippen LogP contribution in [0.2, 0.25) is 25.8 Å². The number of carboxylic acid groups (broad SMARTS) is 1. The third-order valence-electron chi connectivity index (χ3n) is 14.7. The lowest BCUT2D eigenvalue weighted by molar-refractivity contribution is -0.344. The van der Waals surface area contributed by atoms with Gasteiger partial charge in [0.1, 0.15) is 49.2 Å². The average molecular weight is 1500 g/mol. The number of aliphatic carboxylic acids is 1. The van der Waals surface area contributed by atoms with Crippen LogP contribution in [0.3, 0.4) is 0 Å². The van der Waals surface area contributed by atoms with E-state index in [1.54, 1.807) is 52.9 Å². The zero-order valence-corrected chi connectivity index (χ0v) is 55.6. The highest BCUT2D eigenvalue weighted by atomic mass is 35.5. The minimum absolute atomic E-state index is 0.0234. The first-order valence-electron chi connectivity index (χ1n) is 26.9. The van der Waals surface area contributed by atoms with Crippen LogP contribution in [0.4, 0.5) is 54.1 Å². The van der Waals surface area contributed by atoms with Gasteiger partial charge >= 0.3 is 18.6 Å². The van der Waals surface area contributed by atoms with Gasteiger partial charge in [0, 0.05) is 57.8 Å². The van der Waals surface area contributed by atoms with Crippen LogP contribution in [-0.4, -0.2) is 157 Å². The van der Waals surface area contributed by atoms with Gasteiger partial charge < -0.3 is 35.7 Å². The number of anilines is 1. The van der Waals surface area contributed by atoms with Crippen molar-refractivity contribution in [2.24, 2.45) is 21.1 Å². The Balaban J connectivity index is 0.000000212. The molecular formula is C50H57Cl5F11N18O9S2-. The summed E-state index contributed by atoms with van der Waals surface area (Å²) in [4.78, 5) is 43.0. The van der Waals surface area contributed by atoms with Gasteiger partial charge in [0.05, 0.1) is 6.61 Å². The lowest BCUT2D eigenvalue weighted by Crippen LogP contribution is -2.67. The highest BCUT2D eigenvalue weighted by Crippen LogP contribution is 2.52. The molecular weight excluding hydrogens is 1450 g/mol. The highest BCUT2D eigenvalue weighted by molar-refractivity contribution is 7.87. The van der Waals surface area contributed by atoms with Crippen molar-refractivity contribution < 1.29 is 84.6 Å². The molecule has 95 heavy (non-hydrogen) atoms. The second kappa shape index (κ2) is 31.3. The van der Waals surface area contributed by atoms with E-state index in [1.807, 2.05) is 16.8 Å². The number of hydrogen-bond donors (Lipinski definition) is 5. The van der Waals surface area contributed by atoms with E-state index in [4.69, 9.17) is 94.0 Å². The molecule has 2 aliphatic carbocycles. The lowest BCUT2D eigenvalue weighted by atomic mass is 9.60. The van der Waals surface area contributed by atoms with Crippen LogP contribution in [0, 0.1) is 49.9 Å². The maximum absolute atomic E-state index is 13.2. The SMILES string of the molecule is CCOC(=O)c1c(C)cc(Cl)n1N.CN(C1CC2(CNC2)C1)S(N)(=O)=O.Cc1cc(Cl)n2nc(C(F)F)[nH]c(=O)c12.Cc1cc(Cl)n2nc(C(F)F)nc(Cl)c12.Cc1cc(Cl)n2nc(C(F)F)nc(N3CC4(CC(N(C)S(N)(=O)=O)C4)C3)c12.N#CC(F)F.O=C([O-])C(F)(F)F. The molecule has 4 fully saturated rings. The van der Waals surface area contributed by atoms with Gasteiger partial charge in [-0.1, -0.05) is 58.0 Å². The summed E-state index contributed by atoms with van der Waals surface area (Å²) in [6.45, 7) is 12.3. The molecule has 526 valence electrons. The summed E-state index contributed by atoms with van der Waals surface area (Å²) in [6, 6.07) is 7.06. The Kier molecular flexibility index (Phi) is 26.0. The molecule has 0 atom stereocenters. The number of ether oxygens (including phenoxy) is 1. The van der Waals surface area contributed by atoms with Crippen molar-refractivity contribution in [3.8, 4) is 6.07 Å². The standard InChI is InChI=1S/C15H19ClF2N6O2S.C8H5Cl2F2N3.C8H6ClF2N3O.C8H11ClN2O2.C7H15N3O2S.C2HF3O2.C2HF2N/c1-8-3-10(16)24-11(8)14(20-13(21-24)12(17)18)23-6-15(7-23)4-9(5-15)22(2)27(19,25)26;1-3-2-4(9)15-5(3)6(10)13-8(14-15)7(11)12;1-3-2-4(9)14-5(3)8(15)12-7(13-14)6(10)11;1-3-13-8(12)7-5(2)4-6(9)11(7)10;1-10(13(8,11)12)6-2-7(3-6)4-9-5-7;3-2(4,5)1(6)7;3-2(4)1-5/h3,9,12H,4-7H2,1-2H3,(H2,19,25,26);2,7H,1H3;2,6H,1H3,(H,12,13,15);4H,3,10H2,1-2H3;6,9H,2-5H2,1H3,(H2,8,11,12);(H,6,7);2H/p-1. The normalized spacial score (nSPS) is 15.7. The molecule has 2 saturated heterocycles. The fourth-order valence-electron chi connectivity index (χ4n) is 10.0. The number of nitrogens with zero attached hydrogens (tertiary/aromatic N) is 13. The lowest BCUT2D eigenvalue weighted by Gasteiger charge is -2.60. The number of esters is 1. The number of carbonyl (C=O) groups is 2. The van der Waals surface area contributed by atoms with E-state index in [1.165, 1.54) is 26.2 Å². The van der Waals surface area contributed by atoms with E-state index in [-0.39, 0.29) is 43.6 Å². The van der Waals surface area contributed by atoms with Crippen molar-refractivity contribution in [1.82, 2.24) is 62.4 Å². The van der Waals surface area contributed by atoms with Gasteiger partial charge in [-0.2, -0.15) is 52.7 Å². The zero-order chi connectivity index (χ0) is 72.1. The molecule has 11 rings (SSSR count). The van der Waals surface area contributed by atoms with E-state index >= 15 is 0 Å². The number of carbonyl (C=O) groups excluding carboxylic acids is 2. The summed E-state index contributed by atoms with van der Waals surface area (Å²) < 4.78 is 185. The monoisotopic (exact) mass is 1500 g/mol. The largest absolute Gasteiger partial charge is 0.542 e. The number of aromatic amines is 1. The highest BCUT2D eigenvalue weighted by Gasteiger charge is 2.55. The first-order chi connectivity index (χ1) is 43.7. The van der Waals surface area contributed by atoms with Crippen molar-refractivity contribution in [3.63, 3.8) is 0 Å². The van der Waals surface area contributed by atoms with E-state index in [2.05, 4.69) is 30.6 Å². The van der Waals surface area contributed by atoms with Gasteiger partial charge in [-0.3, -0.25) is 4.79 Å². The molecule has 0 unspecified atom stereocenters. The van der Waals surface area contributed by atoms with Gasteiger partial charge in [-0.15, -0.1) is 15.3 Å². The number of nitrogens with two attached hydrogens (primary N) is 3. The smallest absolute Gasteiger partial charge is 0.430 e. The number of carboxylic acids is 1. The molecule has 0 radical (unpaired) electrons. The summed E-state index contributed by atoms with van der Waals surface area (Å²) in [5.41, 5.74) is 4.12. The fourth-order valence-corrected chi connectivity index (χ4v) is 12.6. The Bertz CT molecular complexity index is 4260. The van der Waals surface area contributed by atoms with E-state index in [0.717, 1.165) is 50.8 Å². The third-order valence-corrected chi connectivity index (χ3v) is 18.3. The fraction of sp³-hybridized carbons (Fsp3) is 0.500. The van der Waals surface area contributed by atoms with E-state index in [0.29, 0.717) is 82.8 Å². The maximum Gasteiger partial charge on any atom is 0.430 e. The number of halogens is 16. The number of hydrogen-bond acceptors (Lipinski definition) is 18. The first-order valence-corrected chi connectivity index (χ1v) is 31.8. The molecule has 0 aromatic carbocycles. The van der Waals surface area contributed by atoms with E-state index < -0.39 is 87.3 Å². The van der Waals surface area contributed by atoms with Crippen molar-refractivity contribution in [1.29, 1.82) is 5.26 Å². The number of aromatic nitrogens is 10. The number of aryl methyl sites for hydroxylation is 4. The molecule has 2 aliphatic heterocycles. The minimum atomic E-state index is -5.19. The Labute approximate surface area is 557 Å². The van der Waals surface area contributed by atoms with Gasteiger partial charge in [0.2, 0.25) is 11.6 Å². The number of alkyl halides is 11. The molecule has 2 spiro atoms. The van der Waals surface area contributed by atoms with Gasteiger partial charge in [-0.25, -0.2) is 69.6 Å². The Morgan fingerprint density at radius 2 is 1.12 bits per heavy atom. The minimum Gasteiger partial charge on any atom is -0.542 e. The van der Waals surface area contributed by atoms with Crippen LogP contribution < -0.4 is 37.0 Å². The second-order valence-electron chi connectivity index (χ2n) is 21.5. The third kappa shape index (κ3) is 19.1. The van der Waals surface area contributed by atoms with Crippen LogP contribution in [0.25, 0.3) is 16.6 Å². The Morgan fingerprint density at radius 3 is 1.48 bits per heavy atom. The molecule has 0 bridgehead atoms. The number of nitrogen functional groups attached to an aromatic ring is 1. The topological polar surface area (TPSA) is 374 Å². The van der Waals surface area contributed by atoms with Crippen LogP contribution in [0.1, 0.15) is 102 Å². The molecule has 4 aliphatic rings. The summed E-state index contributed by atoms with van der Waals surface area (Å²) in [6.07, 6.45) is -13.2. The number of nitrogens with one attached hydrogen (secondary N) is 2. The van der Waals surface area contributed by atoms with E-state index in [9.17, 15) is 74.7 Å². The molecule has 8 N–H and O–H groups in total. The average Bonchev–Trinajstić information content (AvgIpc) is 1.20.